The molecule has 0 radical (unpaired) electrons. The van der Waals surface area contributed by atoms with Crippen molar-refractivity contribution in [1.82, 2.24) is 15.4 Å². The lowest BCUT2D eigenvalue weighted by molar-refractivity contribution is -0.132. The van der Waals surface area contributed by atoms with E-state index in [0.717, 1.165) is 9.78 Å². The first-order valence-electron chi connectivity index (χ1n) is 7.25. The average molecular weight is 343 g/mol. The van der Waals surface area contributed by atoms with E-state index in [0.29, 0.717) is 17.2 Å². The molecule has 1 fully saturated rings. The van der Waals surface area contributed by atoms with Gasteiger partial charge in [0, 0.05) is 6.07 Å². The molecule has 1 aliphatic heterocycles. The fourth-order valence-electron chi connectivity index (χ4n) is 2.65. The molecule has 1 N–H and O–H groups in total. The number of hydrogen-bond donors (Lipinski definition) is 1. The Morgan fingerprint density at radius 3 is 2.92 bits per heavy atom. The molecule has 0 bridgehead atoms. The standard InChI is InChI=1S/C16H13N3O4S/c1-16(13-5-2-6-22-13)14(20)19(15(21)17-16)9-10-8-11(23-18-10)12-4-3-7-24-12/h2-8H,9H2,1H3,(H,17,21)/t16-/m0/s1. The van der Waals surface area contributed by atoms with Crippen LogP contribution in [0.4, 0.5) is 4.79 Å². The van der Waals surface area contributed by atoms with Gasteiger partial charge in [-0.2, -0.15) is 0 Å². The Hall–Kier alpha value is -2.87. The first-order valence-corrected chi connectivity index (χ1v) is 8.13. The number of carbonyl (C=O) groups excluding carboxylic acids is 2. The minimum Gasteiger partial charge on any atom is -0.466 e. The first-order chi connectivity index (χ1) is 11.6. The van der Waals surface area contributed by atoms with E-state index in [1.54, 1.807) is 25.1 Å². The fourth-order valence-corrected chi connectivity index (χ4v) is 3.33. The molecule has 3 aromatic heterocycles. The quantitative estimate of drug-likeness (QED) is 0.736. The predicted octanol–water partition coefficient (Wildman–Crippen LogP) is 2.96. The number of rotatable bonds is 4. The van der Waals surface area contributed by atoms with Gasteiger partial charge in [-0.1, -0.05) is 11.2 Å². The maximum Gasteiger partial charge on any atom is 0.325 e. The molecule has 3 aromatic rings. The van der Waals surface area contributed by atoms with Crippen molar-refractivity contribution in [3.8, 4) is 10.6 Å². The van der Waals surface area contributed by atoms with Crippen LogP contribution in [0.15, 0.2) is 50.9 Å². The van der Waals surface area contributed by atoms with Crippen molar-refractivity contribution in [3.05, 3.63) is 53.4 Å². The lowest BCUT2D eigenvalue weighted by Crippen LogP contribution is -2.40. The van der Waals surface area contributed by atoms with Gasteiger partial charge in [-0.25, -0.2) is 4.79 Å². The highest BCUT2D eigenvalue weighted by atomic mass is 32.1. The monoisotopic (exact) mass is 343 g/mol. The zero-order valence-corrected chi connectivity index (χ0v) is 13.5. The van der Waals surface area contributed by atoms with E-state index < -0.39 is 11.6 Å². The number of nitrogens with one attached hydrogen (secondary N) is 1. The summed E-state index contributed by atoms with van der Waals surface area (Å²) in [4.78, 5) is 27.0. The van der Waals surface area contributed by atoms with Crippen molar-refractivity contribution in [3.63, 3.8) is 0 Å². The van der Waals surface area contributed by atoms with E-state index in [2.05, 4.69) is 10.5 Å². The molecule has 0 spiro atoms. The molecule has 1 aliphatic rings. The lowest BCUT2D eigenvalue weighted by Gasteiger charge is -2.18. The Morgan fingerprint density at radius 2 is 2.21 bits per heavy atom. The van der Waals surface area contributed by atoms with Gasteiger partial charge in [-0.3, -0.25) is 9.69 Å². The highest BCUT2D eigenvalue weighted by Gasteiger charge is 2.51. The van der Waals surface area contributed by atoms with Crippen LogP contribution >= 0.6 is 11.3 Å². The Kier molecular flexibility index (Phi) is 3.27. The third-order valence-electron chi connectivity index (χ3n) is 3.93. The van der Waals surface area contributed by atoms with Crippen molar-refractivity contribution in [2.75, 3.05) is 0 Å². The van der Waals surface area contributed by atoms with E-state index in [9.17, 15) is 9.59 Å². The van der Waals surface area contributed by atoms with Crippen LogP contribution in [-0.2, 0) is 16.9 Å². The van der Waals surface area contributed by atoms with Gasteiger partial charge in [0.25, 0.3) is 5.91 Å². The van der Waals surface area contributed by atoms with E-state index >= 15 is 0 Å². The number of carbonyl (C=O) groups is 2. The third kappa shape index (κ3) is 2.23. The van der Waals surface area contributed by atoms with Crippen LogP contribution in [0.3, 0.4) is 0 Å². The summed E-state index contributed by atoms with van der Waals surface area (Å²) >= 11 is 1.53. The molecule has 1 atom stereocenters. The number of amides is 3. The Balaban J connectivity index is 1.57. The smallest absolute Gasteiger partial charge is 0.325 e. The maximum atomic E-state index is 12.7. The minimum atomic E-state index is -1.21. The average Bonchev–Trinajstić information content (AvgIpc) is 3.34. The molecule has 4 rings (SSSR count). The molecule has 122 valence electrons. The second kappa shape index (κ2) is 5.34. The van der Waals surface area contributed by atoms with Gasteiger partial charge >= 0.3 is 6.03 Å². The fraction of sp³-hybridized carbons (Fsp3) is 0.188. The second-order valence-corrected chi connectivity index (χ2v) is 6.53. The van der Waals surface area contributed by atoms with Crippen molar-refractivity contribution in [1.29, 1.82) is 0 Å². The van der Waals surface area contributed by atoms with Crippen molar-refractivity contribution < 1.29 is 18.5 Å². The summed E-state index contributed by atoms with van der Waals surface area (Å²) < 4.78 is 10.6. The van der Waals surface area contributed by atoms with Gasteiger partial charge in [-0.05, 0) is 30.5 Å². The Labute approximate surface area is 140 Å². The van der Waals surface area contributed by atoms with Gasteiger partial charge in [0.2, 0.25) is 0 Å². The molecule has 4 heterocycles. The SMILES string of the molecule is C[C@@]1(c2ccco2)NC(=O)N(Cc2cc(-c3cccs3)on2)C1=O. The second-order valence-electron chi connectivity index (χ2n) is 5.58. The number of aromatic nitrogens is 1. The van der Waals surface area contributed by atoms with Crippen LogP contribution < -0.4 is 5.32 Å². The topological polar surface area (TPSA) is 88.6 Å². The molecule has 3 amide bonds. The van der Waals surface area contributed by atoms with Crippen LogP contribution in [0.25, 0.3) is 10.6 Å². The third-order valence-corrected chi connectivity index (χ3v) is 4.82. The molecular weight excluding hydrogens is 330 g/mol. The van der Waals surface area contributed by atoms with E-state index in [-0.39, 0.29) is 12.5 Å². The number of nitrogens with zero attached hydrogens (tertiary/aromatic N) is 2. The molecule has 24 heavy (non-hydrogen) atoms. The van der Waals surface area contributed by atoms with Crippen LogP contribution in [0, 0.1) is 0 Å². The number of imide groups is 1. The predicted molar refractivity (Wildman–Crippen MR) is 85.0 cm³/mol. The number of urea groups is 1. The number of thiophene rings is 1. The van der Waals surface area contributed by atoms with Crippen LogP contribution in [0.1, 0.15) is 18.4 Å². The van der Waals surface area contributed by atoms with Gasteiger partial charge in [0.15, 0.2) is 11.3 Å². The molecule has 1 saturated heterocycles. The largest absolute Gasteiger partial charge is 0.466 e. The van der Waals surface area contributed by atoms with E-state index in [4.69, 9.17) is 8.94 Å². The Bertz CT molecular complexity index is 884. The van der Waals surface area contributed by atoms with Gasteiger partial charge in [0.1, 0.15) is 11.5 Å². The summed E-state index contributed by atoms with van der Waals surface area (Å²) in [5.74, 6) is 0.617. The van der Waals surface area contributed by atoms with Gasteiger partial charge in [-0.15, -0.1) is 11.3 Å². The molecular formula is C16H13N3O4S. The zero-order chi connectivity index (χ0) is 16.7. The number of hydrogen-bond acceptors (Lipinski definition) is 6. The molecule has 0 saturated carbocycles. The molecule has 8 heteroatoms. The van der Waals surface area contributed by atoms with E-state index in [1.165, 1.54) is 17.6 Å². The van der Waals surface area contributed by atoms with Crippen molar-refractivity contribution in [2.24, 2.45) is 0 Å². The summed E-state index contributed by atoms with van der Waals surface area (Å²) in [7, 11) is 0. The van der Waals surface area contributed by atoms with E-state index in [1.807, 2.05) is 17.5 Å². The highest BCUT2D eigenvalue weighted by molar-refractivity contribution is 7.13. The van der Waals surface area contributed by atoms with Crippen LogP contribution in [0.2, 0.25) is 0 Å². The molecule has 0 aliphatic carbocycles. The van der Waals surface area contributed by atoms with Crippen LogP contribution in [0.5, 0.6) is 0 Å². The van der Waals surface area contributed by atoms with Gasteiger partial charge < -0.3 is 14.3 Å². The summed E-state index contributed by atoms with van der Waals surface area (Å²) in [6, 6.07) is 8.40. The first kappa shape index (κ1) is 14.7. The van der Waals surface area contributed by atoms with Crippen LogP contribution in [-0.4, -0.2) is 22.0 Å². The summed E-state index contributed by atoms with van der Waals surface area (Å²) in [6.45, 7) is 1.65. The van der Waals surface area contributed by atoms with Crippen molar-refractivity contribution in [2.45, 2.75) is 19.0 Å². The molecule has 0 unspecified atom stereocenters. The van der Waals surface area contributed by atoms with Crippen molar-refractivity contribution >= 4 is 23.3 Å². The zero-order valence-electron chi connectivity index (χ0n) is 12.7. The summed E-state index contributed by atoms with van der Waals surface area (Å²) in [5.41, 5.74) is -0.702. The summed E-state index contributed by atoms with van der Waals surface area (Å²) in [6.07, 6.45) is 1.47. The molecule has 0 aromatic carbocycles. The maximum absolute atomic E-state index is 12.7. The normalized spacial score (nSPS) is 20.6. The highest BCUT2D eigenvalue weighted by Crippen LogP contribution is 2.31. The lowest BCUT2D eigenvalue weighted by atomic mass is 9.99. The number of furan rings is 1. The van der Waals surface area contributed by atoms with Gasteiger partial charge in [0.05, 0.1) is 17.7 Å². The minimum absolute atomic E-state index is 0.0375. The molecule has 7 nitrogen and oxygen atoms in total. The Morgan fingerprint density at radius 1 is 1.33 bits per heavy atom. The summed E-state index contributed by atoms with van der Waals surface area (Å²) in [5, 5.41) is 8.56.